The van der Waals surface area contributed by atoms with Gasteiger partial charge < -0.3 is 4.42 Å². The zero-order valence-electron chi connectivity index (χ0n) is 13.3. The van der Waals surface area contributed by atoms with E-state index in [1.54, 1.807) is 6.07 Å². The van der Waals surface area contributed by atoms with Crippen LogP contribution in [0.4, 0.5) is 5.69 Å². The zero-order chi connectivity index (χ0) is 20.0. The summed E-state index contributed by atoms with van der Waals surface area (Å²) in [6.45, 7) is 0.110. The molecular formula is C14H7Br2NO7S4. The molecule has 0 spiro atoms. The number of rotatable bonds is 1. The van der Waals surface area contributed by atoms with E-state index in [1.165, 1.54) is 23.5 Å². The van der Waals surface area contributed by atoms with E-state index in [0.717, 1.165) is 5.56 Å². The summed E-state index contributed by atoms with van der Waals surface area (Å²) in [5, 5.41) is -0.429. The Morgan fingerprint density at radius 1 is 1.07 bits per heavy atom. The molecule has 0 saturated heterocycles. The first-order chi connectivity index (χ1) is 13.1. The van der Waals surface area contributed by atoms with Crippen LogP contribution in [0.1, 0.15) is 11.1 Å². The lowest BCUT2D eigenvalue weighted by molar-refractivity contribution is 0.328. The number of benzene rings is 1. The second kappa shape index (κ2) is 6.12. The Balaban J connectivity index is 1.76. The summed E-state index contributed by atoms with van der Waals surface area (Å²) in [5.74, 6) is 0.0495. The molecule has 0 aliphatic carbocycles. The fourth-order valence-corrected chi connectivity index (χ4v) is 11.6. The minimum Gasteiger partial charge on any atom is -0.439 e. The summed E-state index contributed by atoms with van der Waals surface area (Å²) >= 11 is 6.17. The molecule has 2 aliphatic rings. The van der Waals surface area contributed by atoms with Crippen molar-refractivity contribution in [2.75, 3.05) is 3.71 Å². The number of furan rings is 1. The van der Waals surface area contributed by atoms with E-state index in [9.17, 15) is 21.0 Å². The molecule has 1 aromatic carbocycles. The zero-order valence-corrected chi connectivity index (χ0v) is 19.8. The molecule has 2 aromatic heterocycles. The van der Waals surface area contributed by atoms with Gasteiger partial charge in [0.25, 0.3) is 15.1 Å². The smallest absolute Gasteiger partial charge is 0.312 e. The third-order valence-corrected chi connectivity index (χ3v) is 12.0. The van der Waals surface area contributed by atoms with Gasteiger partial charge in [-0.1, -0.05) is 6.07 Å². The maximum Gasteiger partial charge on any atom is 0.312 e. The van der Waals surface area contributed by atoms with E-state index in [2.05, 4.69) is 31.9 Å². The summed E-state index contributed by atoms with van der Waals surface area (Å²) in [6.07, 6.45) is 0. The minimum atomic E-state index is -4.48. The fraction of sp³-hybridized carbons (Fsp3) is 0.143. The van der Waals surface area contributed by atoms with Crippen LogP contribution >= 0.6 is 43.2 Å². The van der Waals surface area contributed by atoms with E-state index >= 15 is 0 Å². The van der Waals surface area contributed by atoms with Crippen molar-refractivity contribution in [3.63, 3.8) is 0 Å². The van der Waals surface area contributed by atoms with Crippen LogP contribution in [-0.2, 0) is 47.7 Å². The molecule has 1 atom stereocenters. The predicted molar refractivity (Wildman–Crippen MR) is 109 cm³/mol. The molecule has 0 bridgehead atoms. The molecule has 1 unspecified atom stereocenters. The summed E-state index contributed by atoms with van der Waals surface area (Å²) in [5.41, 5.74) is 1.38. The highest BCUT2D eigenvalue weighted by molar-refractivity contribution is 9.12. The Morgan fingerprint density at radius 2 is 1.82 bits per heavy atom. The largest absolute Gasteiger partial charge is 0.439 e. The van der Waals surface area contributed by atoms with E-state index in [4.69, 9.17) is 8.60 Å². The van der Waals surface area contributed by atoms with Gasteiger partial charge >= 0.3 is 10.0 Å². The van der Waals surface area contributed by atoms with E-state index < -0.39 is 36.2 Å². The van der Waals surface area contributed by atoms with Crippen LogP contribution in [0.25, 0.3) is 11.0 Å². The van der Waals surface area contributed by atoms with Crippen molar-refractivity contribution in [1.82, 2.24) is 0 Å². The number of thiophene rings is 1. The Morgan fingerprint density at radius 3 is 2.57 bits per heavy atom. The van der Waals surface area contributed by atoms with Crippen LogP contribution in [0.15, 0.2) is 40.2 Å². The summed E-state index contributed by atoms with van der Waals surface area (Å²) in [6, 6.07) is 4.36. The van der Waals surface area contributed by atoms with Gasteiger partial charge in [-0.15, -0.1) is 11.3 Å². The number of nitrogens with zero attached hydrogens (tertiary/aromatic N) is 1. The van der Waals surface area contributed by atoms with Crippen LogP contribution in [0.2, 0.25) is 0 Å². The van der Waals surface area contributed by atoms with Gasteiger partial charge in [-0.25, -0.2) is 4.21 Å². The molecule has 0 saturated carbocycles. The first kappa shape index (κ1) is 19.2. The average Bonchev–Trinajstić information content (AvgIpc) is 3.18. The van der Waals surface area contributed by atoms with Gasteiger partial charge in [0.05, 0.1) is 27.2 Å². The fourth-order valence-electron chi connectivity index (χ4n) is 3.16. The van der Waals surface area contributed by atoms with Crippen molar-refractivity contribution in [3.05, 3.63) is 36.9 Å². The number of sulfonamides is 2. The van der Waals surface area contributed by atoms with Crippen molar-refractivity contribution in [3.8, 4) is 0 Å². The molecule has 14 heteroatoms. The molecule has 0 radical (unpaired) electrons. The Bertz CT molecular complexity index is 1420. The number of fused-ring (bicyclic) bond motifs is 4. The van der Waals surface area contributed by atoms with Crippen LogP contribution in [0, 0.1) is 0 Å². The summed E-state index contributed by atoms with van der Waals surface area (Å²) in [4.78, 5) is -0.388. The average molecular weight is 589 g/mol. The summed E-state index contributed by atoms with van der Waals surface area (Å²) in [7, 11) is -8.92. The minimum absolute atomic E-state index is 0.0495. The van der Waals surface area contributed by atoms with Gasteiger partial charge in [0.2, 0.25) is 0 Å². The van der Waals surface area contributed by atoms with Crippen molar-refractivity contribution in [1.29, 1.82) is 0 Å². The van der Waals surface area contributed by atoms with Crippen molar-refractivity contribution < 1.29 is 29.6 Å². The Labute approximate surface area is 182 Å². The molecule has 0 amide bonds. The summed E-state index contributed by atoms with van der Waals surface area (Å²) < 4.78 is 76.1. The normalized spacial score (nSPS) is 22.4. The van der Waals surface area contributed by atoms with Crippen LogP contribution in [0.5, 0.6) is 0 Å². The molecule has 148 valence electrons. The third kappa shape index (κ3) is 2.48. The van der Waals surface area contributed by atoms with Gasteiger partial charge in [-0.3, -0.25) is 4.18 Å². The highest BCUT2D eigenvalue weighted by atomic mass is 79.9. The molecule has 5 rings (SSSR count). The SMILES string of the molecule is O=S1Cc2cc(N3S(=O)(=O)c4oc5c(Br)sc(Br)c5c4S3(=O)=O)ccc2CO1. The van der Waals surface area contributed by atoms with Gasteiger partial charge in [0.1, 0.15) is 3.79 Å². The maximum atomic E-state index is 13.2. The predicted octanol–water partition coefficient (Wildman–Crippen LogP) is 3.61. The lowest BCUT2D eigenvalue weighted by atomic mass is 10.1. The third-order valence-electron chi connectivity index (χ3n) is 4.34. The molecule has 3 aromatic rings. The number of halogens is 2. The quantitative estimate of drug-likeness (QED) is 0.427. The number of hydrogen-bond donors (Lipinski definition) is 0. The molecule has 28 heavy (non-hydrogen) atoms. The van der Waals surface area contributed by atoms with Crippen molar-refractivity contribution >= 4 is 91.0 Å². The van der Waals surface area contributed by atoms with E-state index in [-0.39, 0.29) is 33.9 Å². The Kier molecular flexibility index (Phi) is 4.20. The van der Waals surface area contributed by atoms with E-state index in [0.29, 0.717) is 16.8 Å². The first-order valence-corrected chi connectivity index (χ1v) is 14.0. The van der Waals surface area contributed by atoms with Gasteiger partial charge in [-0.2, -0.15) is 20.5 Å². The molecule has 2 aliphatic heterocycles. The topological polar surface area (TPSA) is 111 Å². The molecular weight excluding hydrogens is 582 g/mol. The van der Waals surface area contributed by atoms with Gasteiger partial charge in [0, 0.05) is 0 Å². The van der Waals surface area contributed by atoms with Gasteiger partial charge in [-0.05, 0) is 55.1 Å². The first-order valence-electron chi connectivity index (χ1n) is 7.46. The second-order valence-corrected chi connectivity index (χ2v) is 14.4. The van der Waals surface area contributed by atoms with Crippen LogP contribution < -0.4 is 3.71 Å². The molecule has 0 N–H and O–H groups in total. The molecule has 8 nitrogen and oxygen atoms in total. The van der Waals surface area contributed by atoms with Crippen LogP contribution in [-0.4, -0.2) is 21.0 Å². The number of hydrogen-bond acceptors (Lipinski definition) is 8. The van der Waals surface area contributed by atoms with E-state index in [1.807, 2.05) is 0 Å². The highest BCUT2D eigenvalue weighted by Gasteiger charge is 2.53. The second-order valence-electron chi connectivity index (χ2n) is 5.94. The standard InChI is InChI=1S/C14H7Br2NO7S4/c15-12-9-10(13(16)25-12)24-14-11(9)27(19,20)17(28(14,21)22)8-2-1-6-4-23-26(18)5-7(6)3-8/h1-3H,4-5H2. The highest BCUT2D eigenvalue weighted by Crippen LogP contribution is 2.52. The van der Waals surface area contributed by atoms with Crippen LogP contribution in [0.3, 0.4) is 0 Å². The van der Waals surface area contributed by atoms with Crippen molar-refractivity contribution in [2.24, 2.45) is 0 Å². The monoisotopic (exact) mass is 587 g/mol. The lowest BCUT2D eigenvalue weighted by Crippen LogP contribution is -2.30. The molecule has 0 fully saturated rings. The van der Waals surface area contributed by atoms with Crippen molar-refractivity contribution in [2.45, 2.75) is 22.3 Å². The molecule has 4 heterocycles. The maximum absolute atomic E-state index is 13.2. The lowest BCUT2D eigenvalue weighted by Gasteiger charge is -2.20. The van der Waals surface area contributed by atoms with Gasteiger partial charge in [0.15, 0.2) is 21.6 Å². The Hall–Kier alpha value is -0.770. The number of anilines is 1.